The quantitative estimate of drug-likeness (QED) is 0.204. The van der Waals surface area contributed by atoms with Gasteiger partial charge in [-0.2, -0.15) is 0 Å². The van der Waals surface area contributed by atoms with Crippen LogP contribution < -0.4 is 16.0 Å². The zero-order valence-corrected chi connectivity index (χ0v) is 11.4. The second kappa shape index (κ2) is 12.1. The molecule has 8 nitrogen and oxygen atoms in total. The molecule has 0 aliphatic rings. The summed E-state index contributed by atoms with van der Waals surface area (Å²) in [5.41, 5.74) is 0. The van der Waals surface area contributed by atoms with Crippen LogP contribution in [0.5, 0.6) is 0 Å². The van der Waals surface area contributed by atoms with E-state index in [4.69, 9.17) is 22.0 Å². The smallest absolute Gasteiger partial charge is 0.319 e. The van der Waals surface area contributed by atoms with Gasteiger partial charge in [0.25, 0.3) is 0 Å². The van der Waals surface area contributed by atoms with Gasteiger partial charge in [0.1, 0.15) is 6.54 Å². The fourth-order valence-corrected chi connectivity index (χ4v) is 1.41. The number of nitrogens with zero attached hydrogens (tertiary/aromatic N) is 1. The fourth-order valence-electron chi connectivity index (χ4n) is 1.23. The third-order valence-corrected chi connectivity index (χ3v) is 2.36. The maximum atomic E-state index is 10.3. The van der Waals surface area contributed by atoms with Crippen LogP contribution in [0.25, 0.3) is 0 Å². The van der Waals surface area contributed by atoms with Crippen molar-refractivity contribution in [2.45, 2.75) is 0 Å². The molecule has 0 bridgehead atoms. The van der Waals surface area contributed by atoms with Crippen molar-refractivity contribution >= 4 is 23.7 Å². The van der Waals surface area contributed by atoms with Gasteiger partial charge in [-0.05, 0) is 11.8 Å². The Labute approximate surface area is 117 Å². The van der Waals surface area contributed by atoms with Crippen molar-refractivity contribution in [3.63, 3.8) is 0 Å². The Bertz CT molecular complexity index is 268. The maximum absolute atomic E-state index is 10.3. The highest BCUT2D eigenvalue weighted by molar-refractivity contribution is 6.14. The summed E-state index contributed by atoms with van der Waals surface area (Å²) >= 11 is 5.64. The van der Waals surface area contributed by atoms with Gasteiger partial charge in [0, 0.05) is 39.3 Å². The molecule has 0 atom stereocenters. The fraction of sp³-hybridized carbons (Fsp3) is 0.800. The first kappa shape index (κ1) is 18.1. The summed E-state index contributed by atoms with van der Waals surface area (Å²) in [6, 6.07) is 0. The van der Waals surface area contributed by atoms with E-state index >= 15 is 0 Å². The highest BCUT2D eigenvalue weighted by Crippen LogP contribution is 1.90. The van der Waals surface area contributed by atoms with E-state index in [2.05, 4.69) is 16.0 Å². The molecule has 0 spiro atoms. The molecule has 0 fully saturated rings. The lowest BCUT2D eigenvalue weighted by Gasteiger charge is -2.11. The number of rotatable bonds is 13. The van der Waals surface area contributed by atoms with Crippen LogP contribution in [0.1, 0.15) is 0 Å². The first-order chi connectivity index (χ1) is 9.02. The van der Waals surface area contributed by atoms with Gasteiger partial charge < -0.3 is 26.2 Å². The van der Waals surface area contributed by atoms with Crippen molar-refractivity contribution in [3.05, 3.63) is 0 Å². The van der Waals surface area contributed by atoms with Crippen LogP contribution in [0, 0.1) is 0 Å². The summed E-state index contributed by atoms with van der Waals surface area (Å²) in [7, 11) is 0. The molecule has 0 radical (unpaired) electrons. The van der Waals surface area contributed by atoms with E-state index in [0.717, 1.165) is 13.1 Å². The molecule has 5 N–H and O–H groups in total. The molecule has 0 saturated heterocycles. The van der Waals surface area contributed by atoms with Gasteiger partial charge in [-0.25, -0.2) is 4.42 Å². The summed E-state index contributed by atoms with van der Waals surface area (Å²) in [5.74, 6) is -1.82. The molecule has 112 valence electrons. The molecule has 0 unspecified atom stereocenters. The number of carbonyl (C=O) groups is 2. The third kappa shape index (κ3) is 15.0. The number of carboxylic acid groups (broad SMARTS) is 2. The molecule has 19 heavy (non-hydrogen) atoms. The molecule has 0 aromatic rings. The topological polar surface area (TPSA) is 114 Å². The average molecular weight is 297 g/mol. The van der Waals surface area contributed by atoms with Crippen LogP contribution in [-0.2, 0) is 9.59 Å². The number of nitrogens with one attached hydrogen (secondary N) is 3. The van der Waals surface area contributed by atoms with Crippen molar-refractivity contribution < 1.29 is 19.8 Å². The monoisotopic (exact) mass is 296 g/mol. The minimum Gasteiger partial charge on any atom is -0.480 e. The number of carboxylic acids is 2. The van der Waals surface area contributed by atoms with Gasteiger partial charge in [-0.1, -0.05) is 0 Å². The molecule has 0 heterocycles. The van der Waals surface area contributed by atoms with Crippen LogP contribution in [0.3, 0.4) is 0 Å². The number of halogens is 1. The molecular formula is C10H21ClN4O4. The van der Waals surface area contributed by atoms with Gasteiger partial charge in [0.2, 0.25) is 0 Å². The van der Waals surface area contributed by atoms with Gasteiger partial charge in [-0.3, -0.25) is 9.59 Å². The van der Waals surface area contributed by atoms with Crippen molar-refractivity contribution in [2.24, 2.45) is 0 Å². The molecule has 0 aromatic carbocycles. The molecule has 0 aliphatic heterocycles. The molecule has 0 aliphatic carbocycles. The summed E-state index contributed by atoms with van der Waals surface area (Å²) in [6.45, 7) is 3.61. The Morgan fingerprint density at radius 1 is 0.895 bits per heavy atom. The van der Waals surface area contributed by atoms with E-state index in [-0.39, 0.29) is 13.1 Å². The van der Waals surface area contributed by atoms with E-state index in [0.29, 0.717) is 26.2 Å². The Morgan fingerprint density at radius 3 is 1.95 bits per heavy atom. The molecule has 9 heteroatoms. The SMILES string of the molecule is O=C(O)CNCCNCCNCCN(Cl)CC(=O)O. The van der Waals surface area contributed by atoms with Gasteiger partial charge >= 0.3 is 11.9 Å². The predicted octanol–water partition coefficient (Wildman–Crippen LogP) is -1.62. The highest BCUT2D eigenvalue weighted by atomic mass is 35.5. The lowest BCUT2D eigenvalue weighted by atomic mass is 10.5. The molecule has 0 rings (SSSR count). The number of hydrogen-bond acceptors (Lipinski definition) is 6. The Kier molecular flexibility index (Phi) is 11.5. The minimum absolute atomic E-state index is 0.0327. The number of aliphatic carboxylic acids is 2. The average Bonchev–Trinajstić information content (AvgIpc) is 2.30. The normalized spacial score (nSPS) is 10.8. The van der Waals surface area contributed by atoms with Crippen molar-refractivity contribution in [1.29, 1.82) is 0 Å². The Balaban J connectivity index is 3.14. The predicted molar refractivity (Wildman–Crippen MR) is 71.3 cm³/mol. The Hall–Kier alpha value is -0.930. The Morgan fingerprint density at radius 2 is 1.42 bits per heavy atom. The first-order valence-electron chi connectivity index (χ1n) is 5.99. The summed E-state index contributed by atoms with van der Waals surface area (Å²) < 4.78 is 1.21. The third-order valence-electron chi connectivity index (χ3n) is 2.07. The zero-order valence-electron chi connectivity index (χ0n) is 10.7. The van der Waals surface area contributed by atoms with E-state index < -0.39 is 11.9 Å². The first-order valence-corrected chi connectivity index (χ1v) is 6.32. The van der Waals surface area contributed by atoms with Crippen LogP contribution in [0.4, 0.5) is 0 Å². The molecule has 0 amide bonds. The van der Waals surface area contributed by atoms with E-state index in [1.807, 2.05) is 0 Å². The second-order valence-electron chi connectivity index (χ2n) is 3.81. The van der Waals surface area contributed by atoms with Crippen LogP contribution in [-0.4, -0.2) is 78.9 Å². The molecule has 0 aromatic heterocycles. The maximum Gasteiger partial charge on any atom is 0.319 e. The minimum atomic E-state index is -0.953. The largest absolute Gasteiger partial charge is 0.480 e. The van der Waals surface area contributed by atoms with Crippen LogP contribution in [0.2, 0.25) is 0 Å². The van der Waals surface area contributed by atoms with Gasteiger partial charge in [0.05, 0.1) is 6.54 Å². The zero-order chi connectivity index (χ0) is 14.5. The van der Waals surface area contributed by atoms with Crippen molar-refractivity contribution in [2.75, 3.05) is 52.4 Å². The van der Waals surface area contributed by atoms with Gasteiger partial charge in [-0.15, -0.1) is 0 Å². The summed E-state index contributed by atoms with van der Waals surface area (Å²) in [6.07, 6.45) is 0. The molecule has 0 saturated carbocycles. The summed E-state index contributed by atoms with van der Waals surface area (Å²) in [5, 5.41) is 25.8. The second-order valence-corrected chi connectivity index (χ2v) is 4.29. The van der Waals surface area contributed by atoms with Crippen molar-refractivity contribution in [1.82, 2.24) is 20.4 Å². The van der Waals surface area contributed by atoms with Crippen LogP contribution >= 0.6 is 11.8 Å². The lowest BCUT2D eigenvalue weighted by Crippen LogP contribution is -2.36. The number of hydrogen-bond donors (Lipinski definition) is 5. The van der Waals surface area contributed by atoms with Crippen LogP contribution in [0.15, 0.2) is 0 Å². The van der Waals surface area contributed by atoms with E-state index in [9.17, 15) is 9.59 Å². The summed E-state index contributed by atoms with van der Waals surface area (Å²) in [4.78, 5) is 20.5. The van der Waals surface area contributed by atoms with Gasteiger partial charge in [0.15, 0.2) is 0 Å². The highest BCUT2D eigenvalue weighted by Gasteiger charge is 2.04. The van der Waals surface area contributed by atoms with Crippen molar-refractivity contribution in [3.8, 4) is 0 Å². The van der Waals surface area contributed by atoms with E-state index in [1.165, 1.54) is 4.42 Å². The van der Waals surface area contributed by atoms with E-state index in [1.54, 1.807) is 0 Å². The lowest BCUT2D eigenvalue weighted by molar-refractivity contribution is -0.137. The standard InChI is InChI=1S/C10H21ClN4O4/c11-15(8-10(18)19)6-5-13-2-1-12-3-4-14-7-9(16)17/h12-14H,1-8H2,(H,16,17)(H,18,19). The molecular weight excluding hydrogens is 276 g/mol.